The first-order valence-electron chi connectivity index (χ1n) is 5.59. The van der Waals surface area contributed by atoms with E-state index in [2.05, 4.69) is 0 Å². The Balaban J connectivity index is 2.56. The van der Waals surface area contributed by atoms with Gasteiger partial charge in [0.1, 0.15) is 11.4 Å². The lowest BCUT2D eigenvalue weighted by Crippen LogP contribution is -2.67. The number of carbonyl (C=O) groups is 2. The van der Waals surface area contributed by atoms with Crippen molar-refractivity contribution < 1.29 is 23.1 Å². The summed E-state index contributed by atoms with van der Waals surface area (Å²) in [5, 5.41) is 8.06. The van der Waals surface area contributed by atoms with Crippen LogP contribution in [0.1, 0.15) is 20.8 Å². The van der Waals surface area contributed by atoms with Crippen LogP contribution in [0.15, 0.2) is 0 Å². The second-order valence-corrected chi connectivity index (χ2v) is 8.04. The molecule has 0 aromatic carbocycles. The highest BCUT2D eigenvalue weighted by molar-refractivity contribution is 7.93. The van der Waals surface area contributed by atoms with Gasteiger partial charge in [-0.3, -0.25) is 4.79 Å². The Bertz CT molecular complexity index is 524. The largest absolute Gasteiger partial charge is 0.480 e. The molecule has 18 heavy (non-hydrogen) atoms. The zero-order valence-electron chi connectivity index (χ0n) is 10.3. The molecule has 0 aromatic heterocycles. The summed E-state index contributed by atoms with van der Waals surface area (Å²) < 4.78 is 23.2. The van der Waals surface area contributed by atoms with E-state index < -0.39 is 49.8 Å². The Morgan fingerprint density at radius 2 is 2.00 bits per heavy atom. The number of rotatable bonds is 2. The summed E-state index contributed by atoms with van der Waals surface area (Å²) in [7, 11) is -3.74. The number of carbonyl (C=O) groups excluding carboxylic acids is 1. The van der Waals surface area contributed by atoms with Gasteiger partial charge >= 0.3 is 5.97 Å². The van der Waals surface area contributed by atoms with Crippen LogP contribution in [0.4, 0.5) is 0 Å². The third-order valence-corrected chi connectivity index (χ3v) is 6.76. The molecular formula is C10H16N2O5S. The van der Waals surface area contributed by atoms with Crippen LogP contribution in [0.25, 0.3) is 0 Å². The summed E-state index contributed by atoms with van der Waals surface area (Å²) in [6, 6.07) is -1.95. The molecule has 1 unspecified atom stereocenters. The third-order valence-electron chi connectivity index (χ3n) is 3.91. The number of aliphatic carboxylic acids is 1. The van der Waals surface area contributed by atoms with Crippen LogP contribution in [0.2, 0.25) is 0 Å². The van der Waals surface area contributed by atoms with Gasteiger partial charge in [-0.25, -0.2) is 13.2 Å². The number of β-lactam (4-membered cyclic amide) rings is 1. The van der Waals surface area contributed by atoms with E-state index in [-0.39, 0.29) is 0 Å². The standard InChI is InChI=1S/C10H16N2O5S/c1-4(11)5-7(13)12-6(9(14)15)10(2,3)18(16,17)8(5)12/h4-6,8H,11H2,1-3H3,(H,14,15)/t4?,5-,6-,8+/m0/s1. The monoisotopic (exact) mass is 276 g/mol. The first kappa shape index (κ1) is 13.3. The van der Waals surface area contributed by atoms with Crippen molar-refractivity contribution in [3.63, 3.8) is 0 Å². The molecule has 0 aliphatic carbocycles. The quantitative estimate of drug-likeness (QED) is 0.610. The van der Waals surface area contributed by atoms with Crippen LogP contribution >= 0.6 is 0 Å². The number of amides is 1. The normalized spacial score (nSPS) is 37.9. The van der Waals surface area contributed by atoms with Gasteiger partial charge in [-0.2, -0.15) is 0 Å². The molecule has 0 saturated carbocycles. The summed E-state index contributed by atoms with van der Waals surface area (Å²) in [6.07, 6.45) is 0. The molecule has 2 aliphatic heterocycles. The molecule has 2 saturated heterocycles. The molecule has 4 atom stereocenters. The Morgan fingerprint density at radius 1 is 1.50 bits per heavy atom. The van der Waals surface area contributed by atoms with E-state index in [0.29, 0.717) is 0 Å². The highest BCUT2D eigenvalue weighted by Gasteiger charge is 2.72. The fourth-order valence-electron chi connectivity index (χ4n) is 2.83. The summed E-state index contributed by atoms with van der Waals surface area (Å²) in [6.45, 7) is 4.23. The number of sulfone groups is 1. The number of nitrogens with zero attached hydrogens (tertiary/aromatic N) is 1. The van der Waals surface area contributed by atoms with Crippen molar-refractivity contribution in [1.82, 2.24) is 4.90 Å². The van der Waals surface area contributed by atoms with E-state index >= 15 is 0 Å². The molecule has 7 nitrogen and oxygen atoms in total. The zero-order chi connectivity index (χ0) is 14.0. The predicted molar refractivity (Wildman–Crippen MR) is 62.2 cm³/mol. The van der Waals surface area contributed by atoms with Gasteiger partial charge in [0.2, 0.25) is 5.91 Å². The van der Waals surface area contributed by atoms with E-state index in [9.17, 15) is 18.0 Å². The van der Waals surface area contributed by atoms with Crippen molar-refractivity contribution in [2.45, 2.75) is 43.0 Å². The van der Waals surface area contributed by atoms with E-state index in [0.717, 1.165) is 4.90 Å². The van der Waals surface area contributed by atoms with Crippen molar-refractivity contribution in [3.8, 4) is 0 Å². The molecule has 3 N–H and O–H groups in total. The Labute approximate surface area is 105 Å². The summed E-state index contributed by atoms with van der Waals surface area (Å²) in [5.74, 6) is -2.63. The highest BCUT2D eigenvalue weighted by Crippen LogP contribution is 2.49. The molecule has 0 radical (unpaired) electrons. The summed E-state index contributed by atoms with van der Waals surface area (Å²) in [4.78, 5) is 24.1. The van der Waals surface area contributed by atoms with Crippen molar-refractivity contribution >= 4 is 21.7 Å². The van der Waals surface area contributed by atoms with Gasteiger partial charge in [0.15, 0.2) is 9.84 Å². The Morgan fingerprint density at radius 3 is 2.39 bits per heavy atom. The number of nitrogens with two attached hydrogens (primary N) is 1. The molecule has 0 bridgehead atoms. The van der Waals surface area contributed by atoms with Gasteiger partial charge < -0.3 is 15.7 Å². The predicted octanol–water partition coefficient (Wildman–Crippen LogP) is -1.22. The number of carboxylic acids is 1. The number of hydrogen-bond acceptors (Lipinski definition) is 5. The fourth-order valence-corrected chi connectivity index (χ4v) is 5.25. The van der Waals surface area contributed by atoms with Crippen molar-refractivity contribution in [1.29, 1.82) is 0 Å². The van der Waals surface area contributed by atoms with Gasteiger partial charge in [-0.05, 0) is 20.8 Å². The maximum Gasteiger partial charge on any atom is 0.328 e. The van der Waals surface area contributed by atoms with Crippen molar-refractivity contribution in [2.24, 2.45) is 11.7 Å². The van der Waals surface area contributed by atoms with E-state index in [1.165, 1.54) is 13.8 Å². The van der Waals surface area contributed by atoms with Crippen LogP contribution in [0.5, 0.6) is 0 Å². The lowest BCUT2D eigenvalue weighted by molar-refractivity contribution is -0.164. The molecule has 2 fully saturated rings. The van der Waals surface area contributed by atoms with Crippen LogP contribution < -0.4 is 5.73 Å². The molecule has 2 aliphatic rings. The Kier molecular flexibility index (Phi) is 2.54. The highest BCUT2D eigenvalue weighted by atomic mass is 32.2. The second-order valence-electron chi connectivity index (χ2n) is 5.41. The third kappa shape index (κ3) is 1.24. The minimum absolute atomic E-state index is 0.489. The SMILES string of the molecule is CC(N)[C@H]1C(=O)N2[C@@H](C(=O)O)C(C)(C)S(=O)(=O)[C@H]12. The number of carboxylic acid groups (broad SMARTS) is 1. The maximum atomic E-state index is 12.3. The topological polar surface area (TPSA) is 118 Å². The molecule has 1 amide bonds. The van der Waals surface area contributed by atoms with Crippen molar-refractivity contribution in [2.75, 3.05) is 0 Å². The number of fused-ring (bicyclic) bond motifs is 1. The van der Waals surface area contributed by atoms with Gasteiger partial charge in [0, 0.05) is 6.04 Å². The summed E-state index contributed by atoms with van der Waals surface area (Å²) in [5.41, 5.74) is 5.62. The minimum atomic E-state index is -3.74. The minimum Gasteiger partial charge on any atom is -0.480 e. The second kappa shape index (κ2) is 3.45. The first-order valence-corrected chi connectivity index (χ1v) is 7.13. The molecular weight excluding hydrogens is 260 g/mol. The van der Waals surface area contributed by atoms with Gasteiger partial charge in [0.25, 0.3) is 0 Å². The van der Waals surface area contributed by atoms with E-state index in [1.807, 2.05) is 0 Å². The van der Waals surface area contributed by atoms with Crippen LogP contribution in [0, 0.1) is 5.92 Å². The fraction of sp³-hybridized carbons (Fsp3) is 0.800. The van der Waals surface area contributed by atoms with Crippen LogP contribution in [0.3, 0.4) is 0 Å². The zero-order valence-corrected chi connectivity index (χ0v) is 11.1. The lowest BCUT2D eigenvalue weighted by Gasteiger charge is -2.44. The molecule has 0 spiro atoms. The summed E-state index contributed by atoms with van der Waals surface area (Å²) >= 11 is 0. The average molecular weight is 276 g/mol. The van der Waals surface area contributed by atoms with Gasteiger partial charge in [-0.15, -0.1) is 0 Å². The molecule has 2 heterocycles. The molecule has 102 valence electrons. The Hall–Kier alpha value is -1.15. The lowest BCUT2D eigenvalue weighted by atomic mass is 9.87. The van der Waals surface area contributed by atoms with E-state index in [4.69, 9.17) is 10.8 Å². The average Bonchev–Trinajstić information content (AvgIpc) is 2.31. The molecule has 0 aromatic rings. The van der Waals surface area contributed by atoms with E-state index in [1.54, 1.807) is 6.92 Å². The molecule has 8 heteroatoms. The van der Waals surface area contributed by atoms with Crippen molar-refractivity contribution in [3.05, 3.63) is 0 Å². The van der Waals surface area contributed by atoms with Gasteiger partial charge in [-0.1, -0.05) is 0 Å². The maximum absolute atomic E-state index is 12.3. The molecule has 2 rings (SSSR count). The smallest absolute Gasteiger partial charge is 0.328 e. The number of hydrogen-bond donors (Lipinski definition) is 2. The first-order chi connectivity index (χ1) is 8.05. The van der Waals surface area contributed by atoms with Gasteiger partial charge in [0.05, 0.1) is 10.7 Å². The van der Waals surface area contributed by atoms with Crippen LogP contribution in [-0.4, -0.2) is 52.5 Å². The van der Waals surface area contributed by atoms with Crippen LogP contribution in [-0.2, 0) is 19.4 Å².